The van der Waals surface area contributed by atoms with Crippen LogP contribution >= 0.6 is 0 Å². The molecule has 0 saturated carbocycles. The molecule has 0 fully saturated rings. The van der Waals surface area contributed by atoms with Crippen LogP contribution < -0.4 is 9.47 Å². The Kier molecular flexibility index (Phi) is 3.82. The molecule has 0 aliphatic heterocycles. The molecular weight excluding hydrogens is 242 g/mol. The molecule has 96 valence electrons. The van der Waals surface area contributed by atoms with Crippen molar-refractivity contribution in [1.82, 2.24) is 0 Å². The lowest BCUT2D eigenvalue weighted by atomic mass is 10.1. The zero-order chi connectivity index (χ0) is 13.0. The molecular formula is C13H12F2O3. The summed E-state index contributed by atoms with van der Waals surface area (Å²) in [6.07, 6.45) is 1.54. The number of alkyl halides is 2. The van der Waals surface area contributed by atoms with Crippen LogP contribution in [0.4, 0.5) is 8.78 Å². The van der Waals surface area contributed by atoms with E-state index in [1.165, 1.54) is 6.07 Å². The zero-order valence-electron chi connectivity index (χ0n) is 9.73. The summed E-state index contributed by atoms with van der Waals surface area (Å²) < 4.78 is 39.3. The van der Waals surface area contributed by atoms with Gasteiger partial charge in [-0.15, -0.1) is 0 Å². The summed E-state index contributed by atoms with van der Waals surface area (Å²) in [5.74, 6) is 0.924. The van der Waals surface area contributed by atoms with Gasteiger partial charge in [-0.1, -0.05) is 0 Å². The molecule has 1 aromatic carbocycles. The van der Waals surface area contributed by atoms with Gasteiger partial charge in [-0.3, -0.25) is 0 Å². The second-order valence-corrected chi connectivity index (χ2v) is 3.45. The van der Waals surface area contributed by atoms with Gasteiger partial charge in [0, 0.05) is 5.56 Å². The minimum absolute atomic E-state index is 0.0159. The lowest BCUT2D eigenvalue weighted by Crippen LogP contribution is -2.04. The molecule has 1 heterocycles. The maximum atomic E-state index is 12.2. The number of hydrogen-bond donors (Lipinski definition) is 0. The third kappa shape index (κ3) is 2.80. The van der Waals surface area contributed by atoms with E-state index in [-0.39, 0.29) is 11.5 Å². The fourth-order valence-electron chi connectivity index (χ4n) is 1.57. The van der Waals surface area contributed by atoms with Gasteiger partial charge < -0.3 is 13.9 Å². The highest BCUT2D eigenvalue weighted by molar-refractivity contribution is 5.62. The molecule has 0 atom stereocenters. The Hall–Kier alpha value is -2.04. The van der Waals surface area contributed by atoms with Gasteiger partial charge >= 0.3 is 6.61 Å². The fourth-order valence-corrected chi connectivity index (χ4v) is 1.57. The van der Waals surface area contributed by atoms with E-state index < -0.39 is 6.61 Å². The summed E-state index contributed by atoms with van der Waals surface area (Å²) in [4.78, 5) is 0. The van der Waals surface area contributed by atoms with Crippen molar-refractivity contribution in [2.24, 2.45) is 0 Å². The average Bonchev–Trinajstić information content (AvgIpc) is 2.84. The van der Waals surface area contributed by atoms with E-state index in [4.69, 9.17) is 9.15 Å². The van der Waals surface area contributed by atoms with Gasteiger partial charge in [-0.2, -0.15) is 8.78 Å². The van der Waals surface area contributed by atoms with Crippen LogP contribution in [-0.4, -0.2) is 13.2 Å². The van der Waals surface area contributed by atoms with Crippen molar-refractivity contribution in [1.29, 1.82) is 0 Å². The topological polar surface area (TPSA) is 31.6 Å². The normalized spacial score (nSPS) is 10.7. The van der Waals surface area contributed by atoms with Crippen LogP contribution in [0.3, 0.4) is 0 Å². The third-order valence-electron chi connectivity index (χ3n) is 2.27. The summed E-state index contributed by atoms with van der Waals surface area (Å²) in [7, 11) is 0. The van der Waals surface area contributed by atoms with E-state index in [0.29, 0.717) is 12.4 Å². The first-order valence-electron chi connectivity index (χ1n) is 5.46. The predicted molar refractivity (Wildman–Crippen MR) is 61.9 cm³/mol. The Morgan fingerprint density at radius 2 is 2.06 bits per heavy atom. The van der Waals surface area contributed by atoms with Crippen LogP contribution in [0.2, 0.25) is 0 Å². The maximum absolute atomic E-state index is 12.2. The molecule has 0 spiro atoms. The Balaban J connectivity index is 2.33. The molecule has 1 aromatic heterocycles. The number of halogens is 2. The predicted octanol–water partition coefficient (Wildman–Crippen LogP) is 3.95. The second-order valence-electron chi connectivity index (χ2n) is 3.45. The molecule has 0 N–H and O–H groups in total. The molecule has 18 heavy (non-hydrogen) atoms. The van der Waals surface area contributed by atoms with E-state index in [1.54, 1.807) is 37.5 Å². The van der Waals surface area contributed by atoms with Crippen LogP contribution in [0.25, 0.3) is 11.3 Å². The van der Waals surface area contributed by atoms with E-state index in [0.717, 1.165) is 5.56 Å². The second kappa shape index (κ2) is 5.53. The van der Waals surface area contributed by atoms with Crippen LogP contribution in [0.1, 0.15) is 6.92 Å². The molecule has 5 heteroatoms. The fraction of sp³-hybridized carbons (Fsp3) is 0.231. The number of benzene rings is 1. The van der Waals surface area contributed by atoms with E-state index in [2.05, 4.69) is 4.74 Å². The summed E-state index contributed by atoms with van der Waals surface area (Å²) in [6, 6.07) is 8.21. The minimum atomic E-state index is -2.88. The molecule has 0 saturated heterocycles. The van der Waals surface area contributed by atoms with Crippen molar-refractivity contribution >= 4 is 0 Å². The van der Waals surface area contributed by atoms with E-state index >= 15 is 0 Å². The van der Waals surface area contributed by atoms with Gasteiger partial charge in [0.2, 0.25) is 0 Å². The van der Waals surface area contributed by atoms with Crippen molar-refractivity contribution in [3.05, 3.63) is 36.6 Å². The summed E-state index contributed by atoms with van der Waals surface area (Å²) in [5, 5.41) is 0. The highest BCUT2D eigenvalue weighted by Gasteiger charge is 2.12. The Morgan fingerprint density at radius 3 is 2.67 bits per heavy atom. The van der Waals surface area contributed by atoms with Gasteiger partial charge in [-0.05, 0) is 37.3 Å². The minimum Gasteiger partial charge on any atom is -0.490 e. The molecule has 0 unspecified atom stereocenters. The van der Waals surface area contributed by atoms with E-state index in [9.17, 15) is 8.78 Å². The molecule has 3 nitrogen and oxygen atoms in total. The standard InChI is InChI=1S/C13H12F2O3/c1-2-16-12-8-9(10-4-3-7-17-10)5-6-11(12)18-13(14)15/h3-8,13H,2H2,1H3. The lowest BCUT2D eigenvalue weighted by molar-refractivity contribution is -0.0514. The van der Waals surface area contributed by atoms with Crippen molar-refractivity contribution in [3.8, 4) is 22.8 Å². The Bertz CT molecular complexity index is 495. The number of ether oxygens (including phenoxy) is 2. The smallest absolute Gasteiger partial charge is 0.387 e. The number of rotatable bonds is 5. The summed E-state index contributed by atoms with van der Waals surface area (Å²) >= 11 is 0. The van der Waals surface area contributed by atoms with Crippen LogP contribution in [0.5, 0.6) is 11.5 Å². The summed E-state index contributed by atoms with van der Waals surface area (Å²) in [6.45, 7) is -0.744. The van der Waals surface area contributed by atoms with Crippen molar-refractivity contribution in [2.75, 3.05) is 6.61 Å². The van der Waals surface area contributed by atoms with Crippen LogP contribution in [-0.2, 0) is 0 Å². The third-order valence-corrected chi connectivity index (χ3v) is 2.27. The van der Waals surface area contributed by atoms with Gasteiger partial charge in [0.15, 0.2) is 11.5 Å². The van der Waals surface area contributed by atoms with Gasteiger partial charge in [0.1, 0.15) is 5.76 Å². The van der Waals surface area contributed by atoms with Crippen LogP contribution in [0, 0.1) is 0 Å². The first kappa shape index (κ1) is 12.4. The molecule has 0 aliphatic carbocycles. The highest BCUT2D eigenvalue weighted by atomic mass is 19.3. The number of furan rings is 1. The Morgan fingerprint density at radius 1 is 1.22 bits per heavy atom. The van der Waals surface area contributed by atoms with Crippen molar-refractivity contribution in [3.63, 3.8) is 0 Å². The van der Waals surface area contributed by atoms with Crippen molar-refractivity contribution in [2.45, 2.75) is 13.5 Å². The van der Waals surface area contributed by atoms with Gasteiger partial charge in [-0.25, -0.2) is 0 Å². The van der Waals surface area contributed by atoms with E-state index in [1.807, 2.05) is 0 Å². The van der Waals surface area contributed by atoms with Gasteiger partial charge in [0.25, 0.3) is 0 Å². The maximum Gasteiger partial charge on any atom is 0.387 e. The Labute approximate surface area is 103 Å². The monoisotopic (exact) mass is 254 g/mol. The van der Waals surface area contributed by atoms with Gasteiger partial charge in [0.05, 0.1) is 12.9 Å². The van der Waals surface area contributed by atoms with Crippen LogP contribution in [0.15, 0.2) is 41.0 Å². The molecule has 2 rings (SSSR count). The molecule has 0 bridgehead atoms. The first-order chi connectivity index (χ1) is 8.70. The highest BCUT2D eigenvalue weighted by Crippen LogP contribution is 2.33. The zero-order valence-corrected chi connectivity index (χ0v) is 9.73. The lowest BCUT2D eigenvalue weighted by Gasteiger charge is -2.12. The first-order valence-corrected chi connectivity index (χ1v) is 5.46. The molecule has 0 amide bonds. The SMILES string of the molecule is CCOc1cc(-c2ccco2)ccc1OC(F)F. The quantitative estimate of drug-likeness (QED) is 0.809. The van der Waals surface area contributed by atoms with Crippen molar-refractivity contribution < 1.29 is 22.7 Å². The largest absolute Gasteiger partial charge is 0.490 e. The summed E-state index contributed by atoms with van der Waals surface area (Å²) in [5.41, 5.74) is 0.741. The molecule has 2 aromatic rings. The molecule has 0 radical (unpaired) electrons. The number of hydrogen-bond acceptors (Lipinski definition) is 3. The average molecular weight is 254 g/mol. The molecule has 0 aliphatic rings.